The van der Waals surface area contributed by atoms with Gasteiger partial charge in [-0.05, 0) is 74.5 Å². The first kappa shape index (κ1) is 13.2. The molecule has 0 bridgehead atoms. The molecule has 2 aliphatic rings. The molecule has 0 saturated heterocycles. The van der Waals surface area contributed by atoms with E-state index in [9.17, 15) is 0 Å². The van der Waals surface area contributed by atoms with E-state index in [-0.39, 0.29) is 0 Å². The van der Waals surface area contributed by atoms with Crippen molar-refractivity contribution < 1.29 is 0 Å². The third-order valence-corrected chi connectivity index (χ3v) is 4.88. The van der Waals surface area contributed by atoms with E-state index >= 15 is 0 Å². The van der Waals surface area contributed by atoms with Crippen molar-refractivity contribution in [3.63, 3.8) is 0 Å². The Morgan fingerprint density at radius 1 is 1.21 bits per heavy atom. The SMILES string of the molecule is CCCNC(CC1CCCc2ccccc21)C1CC1. The van der Waals surface area contributed by atoms with E-state index in [1.165, 1.54) is 51.5 Å². The molecule has 0 radical (unpaired) electrons. The normalized spacial score (nSPS) is 23.9. The number of fused-ring (bicyclic) bond motifs is 1. The molecule has 0 amide bonds. The lowest BCUT2D eigenvalue weighted by molar-refractivity contribution is 0.380. The predicted molar refractivity (Wildman–Crippen MR) is 81.5 cm³/mol. The summed E-state index contributed by atoms with van der Waals surface area (Å²) in [5, 5.41) is 3.81. The Kier molecular flexibility index (Phi) is 4.22. The molecule has 1 heteroatoms. The van der Waals surface area contributed by atoms with Crippen LogP contribution in [0.5, 0.6) is 0 Å². The standard InChI is InChI=1S/C18H27N/c1-2-12-19-18(15-10-11-15)13-16-8-5-7-14-6-3-4-9-17(14)16/h3-4,6,9,15-16,18-19H,2,5,7-8,10-13H2,1H3. The number of hydrogen-bond acceptors (Lipinski definition) is 1. The van der Waals surface area contributed by atoms with Crippen molar-refractivity contribution in [2.75, 3.05) is 6.54 Å². The fraction of sp³-hybridized carbons (Fsp3) is 0.667. The Morgan fingerprint density at radius 3 is 2.84 bits per heavy atom. The maximum atomic E-state index is 3.81. The van der Waals surface area contributed by atoms with Crippen LogP contribution in [0.4, 0.5) is 0 Å². The molecule has 0 aromatic heterocycles. The van der Waals surface area contributed by atoms with Crippen LogP contribution < -0.4 is 5.32 Å². The molecule has 19 heavy (non-hydrogen) atoms. The van der Waals surface area contributed by atoms with Gasteiger partial charge in [0.25, 0.3) is 0 Å². The lowest BCUT2D eigenvalue weighted by Gasteiger charge is -2.29. The lowest BCUT2D eigenvalue weighted by atomic mass is 9.79. The summed E-state index contributed by atoms with van der Waals surface area (Å²) in [4.78, 5) is 0. The van der Waals surface area contributed by atoms with Crippen LogP contribution in [0.1, 0.15) is 62.5 Å². The van der Waals surface area contributed by atoms with Gasteiger partial charge in [0, 0.05) is 6.04 Å². The van der Waals surface area contributed by atoms with Crippen molar-refractivity contribution in [1.82, 2.24) is 5.32 Å². The van der Waals surface area contributed by atoms with Crippen molar-refractivity contribution in [3.05, 3.63) is 35.4 Å². The summed E-state index contributed by atoms with van der Waals surface area (Å²) in [5.41, 5.74) is 3.27. The smallest absolute Gasteiger partial charge is 0.0101 e. The molecule has 1 aromatic carbocycles. The minimum atomic E-state index is 0.774. The zero-order valence-corrected chi connectivity index (χ0v) is 12.2. The van der Waals surface area contributed by atoms with Crippen molar-refractivity contribution in [1.29, 1.82) is 0 Å². The number of aryl methyl sites for hydroxylation is 1. The highest BCUT2D eigenvalue weighted by Crippen LogP contribution is 2.40. The second-order valence-corrected chi connectivity index (χ2v) is 6.42. The highest BCUT2D eigenvalue weighted by Gasteiger charge is 2.33. The first-order valence-electron chi connectivity index (χ1n) is 8.19. The highest BCUT2D eigenvalue weighted by molar-refractivity contribution is 5.32. The molecule has 1 saturated carbocycles. The minimum Gasteiger partial charge on any atom is -0.314 e. The van der Waals surface area contributed by atoms with Crippen LogP contribution in [0.15, 0.2) is 24.3 Å². The van der Waals surface area contributed by atoms with Crippen LogP contribution in [0, 0.1) is 5.92 Å². The summed E-state index contributed by atoms with van der Waals surface area (Å²) >= 11 is 0. The maximum Gasteiger partial charge on any atom is 0.0101 e. The van der Waals surface area contributed by atoms with Gasteiger partial charge in [0.1, 0.15) is 0 Å². The van der Waals surface area contributed by atoms with E-state index in [0.29, 0.717) is 0 Å². The number of rotatable bonds is 6. The van der Waals surface area contributed by atoms with Gasteiger partial charge in [-0.15, -0.1) is 0 Å². The van der Waals surface area contributed by atoms with Gasteiger partial charge < -0.3 is 5.32 Å². The van der Waals surface area contributed by atoms with Gasteiger partial charge in [-0.2, -0.15) is 0 Å². The molecule has 0 heterocycles. The molecule has 104 valence electrons. The Labute approximate surface area is 117 Å². The van der Waals surface area contributed by atoms with Crippen molar-refractivity contribution >= 4 is 0 Å². The molecule has 3 rings (SSSR count). The third-order valence-electron chi connectivity index (χ3n) is 4.88. The Bertz CT molecular complexity index is 408. The van der Waals surface area contributed by atoms with Crippen LogP contribution in [0.25, 0.3) is 0 Å². The average Bonchev–Trinajstić information content (AvgIpc) is 3.28. The molecule has 2 unspecified atom stereocenters. The third kappa shape index (κ3) is 3.20. The fourth-order valence-corrected chi connectivity index (χ4v) is 3.68. The molecule has 1 N–H and O–H groups in total. The number of nitrogens with one attached hydrogen (secondary N) is 1. The van der Waals surface area contributed by atoms with E-state index in [1.807, 2.05) is 0 Å². The summed E-state index contributed by atoms with van der Waals surface area (Å²) in [7, 11) is 0. The second kappa shape index (κ2) is 6.09. The average molecular weight is 257 g/mol. The summed E-state index contributed by atoms with van der Waals surface area (Å²) in [6.45, 7) is 3.46. The first-order chi connectivity index (χ1) is 9.38. The Hall–Kier alpha value is -0.820. The van der Waals surface area contributed by atoms with Crippen LogP contribution in [0.2, 0.25) is 0 Å². The lowest BCUT2D eigenvalue weighted by Crippen LogP contribution is -2.33. The zero-order valence-electron chi connectivity index (χ0n) is 12.2. The van der Waals surface area contributed by atoms with Crippen LogP contribution in [-0.4, -0.2) is 12.6 Å². The molecule has 1 nitrogen and oxygen atoms in total. The molecule has 1 aromatic rings. The van der Waals surface area contributed by atoms with Gasteiger partial charge in [0.2, 0.25) is 0 Å². The molecular weight excluding hydrogens is 230 g/mol. The van der Waals surface area contributed by atoms with Gasteiger partial charge in [-0.1, -0.05) is 31.2 Å². The quantitative estimate of drug-likeness (QED) is 0.802. The van der Waals surface area contributed by atoms with Gasteiger partial charge >= 0.3 is 0 Å². The highest BCUT2D eigenvalue weighted by atomic mass is 14.9. The molecule has 1 fully saturated rings. The van der Waals surface area contributed by atoms with Crippen molar-refractivity contribution in [3.8, 4) is 0 Å². The zero-order chi connectivity index (χ0) is 13.1. The summed E-state index contributed by atoms with van der Waals surface area (Å²) in [6.07, 6.45) is 9.60. The van der Waals surface area contributed by atoms with Crippen molar-refractivity contribution in [2.24, 2.45) is 5.92 Å². The maximum absolute atomic E-state index is 3.81. The van der Waals surface area contributed by atoms with Gasteiger partial charge in [-0.25, -0.2) is 0 Å². The molecule has 2 aliphatic carbocycles. The second-order valence-electron chi connectivity index (χ2n) is 6.42. The van der Waals surface area contributed by atoms with Crippen LogP contribution in [-0.2, 0) is 6.42 Å². The molecular formula is C18H27N. The van der Waals surface area contributed by atoms with E-state index in [4.69, 9.17) is 0 Å². The topological polar surface area (TPSA) is 12.0 Å². The van der Waals surface area contributed by atoms with E-state index < -0.39 is 0 Å². The predicted octanol–water partition coefficient (Wildman–Crippen LogP) is 4.27. The van der Waals surface area contributed by atoms with Gasteiger partial charge in [0.15, 0.2) is 0 Å². The monoisotopic (exact) mass is 257 g/mol. The number of benzene rings is 1. The molecule has 0 aliphatic heterocycles. The summed E-state index contributed by atoms with van der Waals surface area (Å²) in [6, 6.07) is 9.92. The van der Waals surface area contributed by atoms with Crippen LogP contribution >= 0.6 is 0 Å². The largest absolute Gasteiger partial charge is 0.314 e. The van der Waals surface area contributed by atoms with E-state index in [0.717, 1.165) is 17.9 Å². The van der Waals surface area contributed by atoms with E-state index in [1.54, 1.807) is 11.1 Å². The number of hydrogen-bond donors (Lipinski definition) is 1. The summed E-state index contributed by atoms with van der Waals surface area (Å²) < 4.78 is 0. The molecule has 2 atom stereocenters. The van der Waals surface area contributed by atoms with Crippen LogP contribution in [0.3, 0.4) is 0 Å². The van der Waals surface area contributed by atoms with Gasteiger partial charge in [0.05, 0.1) is 0 Å². The molecule has 0 spiro atoms. The van der Waals surface area contributed by atoms with Crippen molar-refractivity contribution in [2.45, 2.75) is 63.8 Å². The fourth-order valence-electron chi connectivity index (χ4n) is 3.68. The van der Waals surface area contributed by atoms with Gasteiger partial charge in [-0.3, -0.25) is 0 Å². The first-order valence-corrected chi connectivity index (χ1v) is 8.19. The Balaban J connectivity index is 1.68. The minimum absolute atomic E-state index is 0.774. The van der Waals surface area contributed by atoms with E-state index in [2.05, 4.69) is 36.5 Å². The Morgan fingerprint density at radius 2 is 2.05 bits per heavy atom. The summed E-state index contributed by atoms with van der Waals surface area (Å²) in [5.74, 6) is 1.78.